The Balaban J connectivity index is 1.46. The van der Waals surface area contributed by atoms with E-state index in [1.807, 2.05) is 25.7 Å². The molecule has 3 aliphatic heterocycles. The summed E-state index contributed by atoms with van der Waals surface area (Å²) in [4.78, 5) is 28.4. The van der Waals surface area contributed by atoms with Crippen LogP contribution in [0.2, 0.25) is 0 Å². The number of carbonyl (C=O) groups excluding carboxylic acids is 2. The van der Waals surface area contributed by atoms with Gasteiger partial charge in [-0.3, -0.25) is 4.79 Å². The van der Waals surface area contributed by atoms with Crippen LogP contribution in [0.15, 0.2) is 0 Å². The number of carbonyl (C=O) groups is 2. The van der Waals surface area contributed by atoms with Gasteiger partial charge in [-0.25, -0.2) is 4.79 Å². The van der Waals surface area contributed by atoms with E-state index in [0.717, 1.165) is 51.7 Å². The lowest BCUT2D eigenvalue weighted by Crippen LogP contribution is -2.46. The zero-order valence-electron chi connectivity index (χ0n) is 15.9. The number of fused-ring (bicyclic) bond motifs is 1. The lowest BCUT2D eigenvalue weighted by molar-refractivity contribution is -0.129. The monoisotopic (exact) mass is 351 g/mol. The van der Waals surface area contributed by atoms with Gasteiger partial charge in [0.05, 0.1) is 0 Å². The van der Waals surface area contributed by atoms with Gasteiger partial charge in [0.2, 0.25) is 5.91 Å². The average molecular weight is 351 g/mol. The molecule has 0 aliphatic carbocycles. The highest BCUT2D eigenvalue weighted by atomic mass is 16.6. The van der Waals surface area contributed by atoms with Crippen molar-refractivity contribution in [3.63, 3.8) is 0 Å². The second kappa shape index (κ2) is 7.52. The summed E-state index contributed by atoms with van der Waals surface area (Å²) < 4.78 is 5.53. The number of nitrogens with zero attached hydrogens (tertiary/aromatic N) is 2. The average Bonchev–Trinajstić information content (AvgIpc) is 3.12. The van der Waals surface area contributed by atoms with Crippen molar-refractivity contribution < 1.29 is 14.3 Å². The molecule has 0 saturated carbocycles. The molecule has 25 heavy (non-hydrogen) atoms. The van der Waals surface area contributed by atoms with Gasteiger partial charge in [-0.2, -0.15) is 0 Å². The van der Waals surface area contributed by atoms with E-state index in [4.69, 9.17) is 4.74 Å². The first kappa shape index (κ1) is 18.5. The third-order valence-electron chi connectivity index (χ3n) is 5.62. The van der Waals surface area contributed by atoms with E-state index in [1.54, 1.807) is 0 Å². The molecule has 142 valence electrons. The van der Waals surface area contributed by atoms with Crippen molar-refractivity contribution in [1.82, 2.24) is 15.1 Å². The number of likely N-dealkylation sites (tertiary alicyclic amines) is 1. The van der Waals surface area contributed by atoms with Crippen molar-refractivity contribution in [2.24, 2.45) is 0 Å². The molecule has 6 heteroatoms. The van der Waals surface area contributed by atoms with Gasteiger partial charge in [0.15, 0.2) is 0 Å². The minimum atomic E-state index is -0.447. The second-order valence-corrected chi connectivity index (χ2v) is 8.67. The van der Waals surface area contributed by atoms with Crippen molar-refractivity contribution in [2.45, 2.75) is 89.4 Å². The molecule has 0 aromatic rings. The van der Waals surface area contributed by atoms with Crippen LogP contribution in [-0.2, 0) is 9.53 Å². The van der Waals surface area contributed by atoms with Crippen LogP contribution in [-0.4, -0.2) is 65.2 Å². The van der Waals surface area contributed by atoms with Crippen LogP contribution in [0.1, 0.15) is 65.7 Å². The topological polar surface area (TPSA) is 61.9 Å². The zero-order valence-corrected chi connectivity index (χ0v) is 15.9. The standard InChI is InChI=1S/C19H33N3O3/c1-19(2,3)25-18(24)21-12-6-7-14(21)9-10-20-15-13-17(23)22-11-5-4-8-16(15)22/h14-16,20H,4-13H2,1-3H3. The van der Waals surface area contributed by atoms with E-state index >= 15 is 0 Å². The van der Waals surface area contributed by atoms with Crippen LogP contribution in [0.3, 0.4) is 0 Å². The molecule has 3 heterocycles. The number of piperidine rings is 1. The maximum atomic E-state index is 12.4. The number of hydrogen-bond acceptors (Lipinski definition) is 4. The van der Waals surface area contributed by atoms with Crippen molar-refractivity contribution >= 4 is 12.0 Å². The molecule has 6 nitrogen and oxygen atoms in total. The predicted octanol–water partition coefficient (Wildman–Crippen LogP) is 2.52. The van der Waals surface area contributed by atoms with Gasteiger partial charge >= 0.3 is 6.09 Å². The summed E-state index contributed by atoms with van der Waals surface area (Å²) in [7, 11) is 0. The summed E-state index contributed by atoms with van der Waals surface area (Å²) in [6.45, 7) is 8.29. The summed E-state index contributed by atoms with van der Waals surface area (Å²) in [5.74, 6) is 0.304. The van der Waals surface area contributed by atoms with Crippen molar-refractivity contribution in [2.75, 3.05) is 19.6 Å². The Morgan fingerprint density at radius 1 is 1.20 bits per heavy atom. The van der Waals surface area contributed by atoms with E-state index in [1.165, 1.54) is 6.42 Å². The molecule has 0 spiro atoms. The van der Waals surface area contributed by atoms with Gasteiger partial charge in [0.1, 0.15) is 5.60 Å². The third kappa shape index (κ3) is 4.46. The lowest BCUT2D eigenvalue weighted by Gasteiger charge is -2.33. The SMILES string of the molecule is CC(C)(C)OC(=O)N1CCCC1CCNC1CC(=O)N2CCCCC12. The van der Waals surface area contributed by atoms with Crippen molar-refractivity contribution in [1.29, 1.82) is 0 Å². The molecule has 3 rings (SSSR count). The summed E-state index contributed by atoms with van der Waals surface area (Å²) in [6.07, 6.45) is 6.94. The first-order valence-electron chi connectivity index (χ1n) is 9.87. The Bertz CT molecular complexity index is 503. The zero-order chi connectivity index (χ0) is 18.0. The fourth-order valence-electron chi connectivity index (χ4n) is 4.47. The fraction of sp³-hybridized carbons (Fsp3) is 0.895. The first-order valence-corrected chi connectivity index (χ1v) is 9.87. The van der Waals surface area contributed by atoms with Gasteiger partial charge in [-0.1, -0.05) is 0 Å². The predicted molar refractivity (Wildman–Crippen MR) is 96.3 cm³/mol. The Labute approximate surface area is 151 Å². The molecular weight excluding hydrogens is 318 g/mol. The maximum Gasteiger partial charge on any atom is 0.410 e. The number of hydrogen-bond donors (Lipinski definition) is 1. The number of amides is 2. The van der Waals surface area contributed by atoms with Gasteiger partial charge in [-0.05, 0) is 65.8 Å². The number of rotatable bonds is 4. The quantitative estimate of drug-likeness (QED) is 0.845. The fourth-order valence-corrected chi connectivity index (χ4v) is 4.47. The van der Waals surface area contributed by atoms with Gasteiger partial charge in [-0.15, -0.1) is 0 Å². The second-order valence-electron chi connectivity index (χ2n) is 8.67. The van der Waals surface area contributed by atoms with E-state index in [2.05, 4.69) is 10.2 Å². The number of nitrogens with one attached hydrogen (secondary N) is 1. The third-order valence-corrected chi connectivity index (χ3v) is 5.62. The molecule has 0 bridgehead atoms. The summed E-state index contributed by atoms with van der Waals surface area (Å²) in [5, 5.41) is 3.60. The molecule has 0 aromatic carbocycles. The molecule has 2 amide bonds. The van der Waals surface area contributed by atoms with E-state index in [-0.39, 0.29) is 18.2 Å². The normalized spacial score (nSPS) is 29.9. The van der Waals surface area contributed by atoms with E-state index in [0.29, 0.717) is 18.4 Å². The van der Waals surface area contributed by atoms with Crippen molar-refractivity contribution in [3.05, 3.63) is 0 Å². The van der Waals surface area contributed by atoms with Crippen LogP contribution >= 0.6 is 0 Å². The minimum Gasteiger partial charge on any atom is -0.444 e. The summed E-state index contributed by atoms with van der Waals surface area (Å²) in [6, 6.07) is 0.915. The Hall–Kier alpha value is -1.30. The molecule has 0 radical (unpaired) electrons. The van der Waals surface area contributed by atoms with Crippen LogP contribution in [0.4, 0.5) is 4.79 Å². The highest BCUT2D eigenvalue weighted by molar-refractivity contribution is 5.80. The van der Waals surface area contributed by atoms with E-state index < -0.39 is 5.60 Å². The summed E-state index contributed by atoms with van der Waals surface area (Å²) in [5.41, 5.74) is -0.447. The molecule has 3 saturated heterocycles. The Morgan fingerprint density at radius 3 is 2.76 bits per heavy atom. The highest BCUT2D eigenvalue weighted by Gasteiger charge is 2.40. The van der Waals surface area contributed by atoms with Gasteiger partial charge < -0.3 is 19.9 Å². The minimum absolute atomic E-state index is 0.190. The van der Waals surface area contributed by atoms with Crippen LogP contribution in [0.25, 0.3) is 0 Å². The lowest BCUT2D eigenvalue weighted by atomic mass is 9.99. The maximum absolute atomic E-state index is 12.4. The smallest absolute Gasteiger partial charge is 0.410 e. The summed E-state index contributed by atoms with van der Waals surface area (Å²) >= 11 is 0. The largest absolute Gasteiger partial charge is 0.444 e. The van der Waals surface area contributed by atoms with Crippen LogP contribution in [0, 0.1) is 0 Å². The molecule has 3 fully saturated rings. The molecular formula is C19H33N3O3. The van der Waals surface area contributed by atoms with E-state index in [9.17, 15) is 9.59 Å². The molecule has 3 atom stereocenters. The molecule has 3 unspecified atom stereocenters. The molecule has 0 aromatic heterocycles. The van der Waals surface area contributed by atoms with Crippen LogP contribution < -0.4 is 5.32 Å². The molecule has 1 N–H and O–H groups in total. The van der Waals surface area contributed by atoms with Gasteiger partial charge in [0, 0.05) is 37.6 Å². The number of ether oxygens (including phenoxy) is 1. The van der Waals surface area contributed by atoms with Crippen molar-refractivity contribution in [3.8, 4) is 0 Å². The van der Waals surface area contributed by atoms with Gasteiger partial charge in [0.25, 0.3) is 0 Å². The Morgan fingerprint density at radius 2 is 2.00 bits per heavy atom. The van der Waals surface area contributed by atoms with Crippen LogP contribution in [0.5, 0.6) is 0 Å². The molecule has 3 aliphatic rings. The Kier molecular flexibility index (Phi) is 5.56. The first-order chi connectivity index (χ1) is 11.8. The highest BCUT2D eigenvalue weighted by Crippen LogP contribution is 2.28.